The van der Waals surface area contributed by atoms with Crippen LogP contribution in [0.15, 0.2) is 68.7 Å². The highest BCUT2D eigenvalue weighted by Crippen LogP contribution is 2.28. The van der Waals surface area contributed by atoms with Crippen molar-refractivity contribution in [2.75, 3.05) is 38.5 Å². The quantitative estimate of drug-likeness (QED) is 0.388. The fourth-order valence-corrected chi connectivity index (χ4v) is 4.29. The molecule has 0 unspecified atom stereocenters. The number of hydrogen-bond donors (Lipinski definition) is 1. The van der Waals surface area contributed by atoms with Gasteiger partial charge in [-0.2, -0.15) is 0 Å². The average Bonchev–Trinajstić information content (AvgIpc) is 2.66. The third kappa shape index (κ3) is 8.11. The van der Waals surface area contributed by atoms with Crippen LogP contribution in [0.1, 0.15) is 19.8 Å². The van der Waals surface area contributed by atoms with Crippen molar-refractivity contribution in [2.45, 2.75) is 19.8 Å². The molecule has 1 N–H and O–H groups in total. The number of piperazine rings is 1. The summed E-state index contributed by atoms with van der Waals surface area (Å²) in [5.74, 6) is 1.13. The molecule has 0 amide bonds. The maximum atomic E-state index is 3.43. The van der Waals surface area contributed by atoms with Crippen molar-refractivity contribution in [3.63, 3.8) is 0 Å². The summed E-state index contributed by atoms with van der Waals surface area (Å²) in [6, 6.07) is 0. The molecule has 1 fully saturated rings. The van der Waals surface area contributed by atoms with E-state index in [0.717, 1.165) is 51.3 Å². The molecular formula is C21H29IN2S. The summed E-state index contributed by atoms with van der Waals surface area (Å²) in [6.07, 6.45) is 19.8. The Balaban J connectivity index is 1.92. The first-order valence-electron chi connectivity index (χ1n) is 9.03. The zero-order chi connectivity index (χ0) is 17.7. The minimum absolute atomic E-state index is 1.05. The normalized spacial score (nSPS) is 21.6. The van der Waals surface area contributed by atoms with Crippen LogP contribution in [0, 0.1) is 0 Å². The Bertz CT molecular complexity index is 579. The van der Waals surface area contributed by atoms with Gasteiger partial charge >= 0.3 is 0 Å². The second kappa shape index (κ2) is 12.7. The Labute approximate surface area is 171 Å². The second-order valence-corrected chi connectivity index (χ2v) is 8.00. The summed E-state index contributed by atoms with van der Waals surface area (Å²) in [7, 11) is 0. The van der Waals surface area contributed by atoms with Gasteiger partial charge in [-0.1, -0.05) is 76.8 Å². The average molecular weight is 468 g/mol. The highest BCUT2D eigenvalue weighted by Gasteiger charge is 2.11. The number of thioether (sulfide) groups is 1. The van der Waals surface area contributed by atoms with E-state index in [1.165, 1.54) is 16.1 Å². The summed E-state index contributed by atoms with van der Waals surface area (Å²) < 4.78 is 2.09. The minimum atomic E-state index is 1.05. The minimum Gasteiger partial charge on any atom is -0.314 e. The molecule has 1 aliphatic heterocycles. The van der Waals surface area contributed by atoms with Crippen LogP contribution in [0.4, 0.5) is 0 Å². The van der Waals surface area contributed by atoms with Crippen molar-refractivity contribution in [2.24, 2.45) is 0 Å². The van der Waals surface area contributed by atoms with E-state index in [1.54, 1.807) is 0 Å². The molecule has 4 heteroatoms. The van der Waals surface area contributed by atoms with Gasteiger partial charge in [0.25, 0.3) is 0 Å². The fourth-order valence-electron chi connectivity index (χ4n) is 2.93. The van der Waals surface area contributed by atoms with Crippen molar-refractivity contribution < 1.29 is 0 Å². The van der Waals surface area contributed by atoms with Gasteiger partial charge in [-0.25, -0.2) is 0 Å². The Morgan fingerprint density at radius 1 is 1.32 bits per heavy atom. The third-order valence-electron chi connectivity index (χ3n) is 4.24. The van der Waals surface area contributed by atoms with Crippen LogP contribution in [0.2, 0.25) is 0 Å². The third-order valence-corrected chi connectivity index (χ3v) is 5.77. The van der Waals surface area contributed by atoms with Gasteiger partial charge in [-0.05, 0) is 29.4 Å². The molecule has 0 aromatic carbocycles. The van der Waals surface area contributed by atoms with Crippen LogP contribution in [-0.2, 0) is 0 Å². The Morgan fingerprint density at radius 2 is 2.16 bits per heavy atom. The van der Waals surface area contributed by atoms with Gasteiger partial charge in [0.15, 0.2) is 0 Å². The SMILES string of the molecule is C/C=C\C(SCC/C(=C\C=C/I)CN1CCNCC1)=C1\C=CC=CC1. The number of hydrogen-bond acceptors (Lipinski definition) is 3. The monoisotopic (exact) mass is 468 g/mol. The van der Waals surface area contributed by atoms with Gasteiger partial charge in [0.1, 0.15) is 0 Å². The molecule has 136 valence electrons. The Kier molecular flexibility index (Phi) is 10.6. The number of rotatable bonds is 8. The maximum absolute atomic E-state index is 3.43. The molecule has 2 aliphatic rings. The Hall–Kier alpha value is -0.560. The van der Waals surface area contributed by atoms with E-state index < -0.39 is 0 Å². The van der Waals surface area contributed by atoms with Crippen LogP contribution in [0.3, 0.4) is 0 Å². The van der Waals surface area contributed by atoms with Crippen molar-refractivity contribution in [3.05, 3.63) is 68.7 Å². The molecule has 0 aromatic heterocycles. The lowest BCUT2D eigenvalue weighted by Crippen LogP contribution is -2.44. The van der Waals surface area contributed by atoms with E-state index >= 15 is 0 Å². The van der Waals surface area contributed by atoms with Gasteiger partial charge in [-0.15, -0.1) is 11.8 Å². The van der Waals surface area contributed by atoms with Gasteiger partial charge in [0.2, 0.25) is 0 Å². The lowest BCUT2D eigenvalue weighted by atomic mass is 10.1. The summed E-state index contributed by atoms with van der Waals surface area (Å²) in [5, 5.41) is 3.43. The van der Waals surface area contributed by atoms with Crippen LogP contribution in [0.25, 0.3) is 0 Å². The van der Waals surface area contributed by atoms with E-state index in [-0.39, 0.29) is 0 Å². The van der Waals surface area contributed by atoms with E-state index in [4.69, 9.17) is 0 Å². The van der Waals surface area contributed by atoms with Crippen LogP contribution in [0.5, 0.6) is 0 Å². The molecule has 0 bridgehead atoms. The van der Waals surface area contributed by atoms with E-state index in [9.17, 15) is 0 Å². The summed E-state index contributed by atoms with van der Waals surface area (Å²) in [4.78, 5) is 3.97. The number of allylic oxidation sites excluding steroid dienone is 9. The van der Waals surface area contributed by atoms with Gasteiger partial charge in [0, 0.05) is 43.4 Å². The number of nitrogens with one attached hydrogen (secondary N) is 1. The van der Waals surface area contributed by atoms with E-state index in [2.05, 4.69) is 92.4 Å². The second-order valence-electron chi connectivity index (χ2n) is 6.15. The topological polar surface area (TPSA) is 15.3 Å². The molecule has 0 spiro atoms. The zero-order valence-corrected chi connectivity index (χ0v) is 18.1. The molecule has 0 aromatic rings. The first-order chi connectivity index (χ1) is 12.3. The van der Waals surface area contributed by atoms with Gasteiger partial charge in [0.05, 0.1) is 0 Å². The fraction of sp³-hybridized carbons (Fsp3) is 0.429. The van der Waals surface area contributed by atoms with Crippen molar-refractivity contribution in [3.8, 4) is 0 Å². The summed E-state index contributed by atoms with van der Waals surface area (Å²) >= 11 is 4.28. The molecule has 0 radical (unpaired) electrons. The molecule has 1 saturated heterocycles. The highest BCUT2D eigenvalue weighted by molar-refractivity contribution is 14.1. The van der Waals surface area contributed by atoms with Crippen LogP contribution < -0.4 is 5.32 Å². The standard InChI is InChI=1S/C21H29IN2S/c1-2-7-21(20-9-4-3-5-10-20)25-17-11-19(8-6-12-22)18-24-15-13-23-14-16-24/h2-9,12,23H,10-11,13-18H2,1H3/b7-2-,12-6-,19-8+,21-20+. The molecule has 25 heavy (non-hydrogen) atoms. The van der Waals surface area contributed by atoms with Crippen molar-refractivity contribution in [1.29, 1.82) is 0 Å². The Morgan fingerprint density at radius 3 is 2.84 bits per heavy atom. The smallest absolute Gasteiger partial charge is 0.0197 e. The highest BCUT2D eigenvalue weighted by atomic mass is 127. The van der Waals surface area contributed by atoms with E-state index in [0.29, 0.717) is 0 Å². The molecule has 0 atom stereocenters. The predicted molar refractivity (Wildman–Crippen MR) is 122 cm³/mol. The predicted octanol–water partition coefficient (Wildman–Crippen LogP) is 5.24. The summed E-state index contributed by atoms with van der Waals surface area (Å²) in [6.45, 7) is 7.74. The van der Waals surface area contributed by atoms with Crippen LogP contribution >= 0.6 is 34.4 Å². The van der Waals surface area contributed by atoms with Gasteiger partial charge < -0.3 is 5.32 Å². The molecule has 1 heterocycles. The maximum Gasteiger partial charge on any atom is 0.0197 e. The lowest BCUT2D eigenvalue weighted by molar-refractivity contribution is 0.258. The van der Waals surface area contributed by atoms with Gasteiger partial charge in [-0.3, -0.25) is 4.90 Å². The van der Waals surface area contributed by atoms with Crippen LogP contribution in [-0.4, -0.2) is 43.4 Å². The number of nitrogens with zero attached hydrogens (tertiary/aromatic N) is 1. The van der Waals surface area contributed by atoms with Crippen molar-refractivity contribution in [1.82, 2.24) is 10.2 Å². The largest absolute Gasteiger partial charge is 0.314 e. The summed E-state index contributed by atoms with van der Waals surface area (Å²) in [5.41, 5.74) is 2.97. The molecule has 2 nitrogen and oxygen atoms in total. The molecule has 0 saturated carbocycles. The zero-order valence-electron chi connectivity index (χ0n) is 15.1. The number of halogens is 1. The molecule has 1 aliphatic carbocycles. The van der Waals surface area contributed by atoms with Crippen molar-refractivity contribution >= 4 is 34.4 Å². The first-order valence-corrected chi connectivity index (χ1v) is 11.3. The first kappa shape index (κ1) is 20.7. The lowest BCUT2D eigenvalue weighted by Gasteiger charge is -2.28. The van der Waals surface area contributed by atoms with E-state index in [1.807, 2.05) is 11.8 Å². The molecular weight excluding hydrogens is 439 g/mol. The molecule has 2 rings (SSSR count).